The molecule has 0 aliphatic rings. The van der Waals surface area contributed by atoms with Crippen molar-refractivity contribution in [3.63, 3.8) is 0 Å². The molecule has 106 valence electrons. The molecule has 0 fully saturated rings. The number of rotatable bonds is 3. The number of phenols is 1. The van der Waals surface area contributed by atoms with E-state index in [1.807, 2.05) is 6.92 Å². The van der Waals surface area contributed by atoms with Crippen molar-refractivity contribution in [2.75, 3.05) is 5.32 Å². The Bertz CT molecular complexity index is 450. The minimum Gasteiger partial charge on any atom is -0.508 e. The fourth-order valence-electron chi connectivity index (χ4n) is 1.63. The summed E-state index contributed by atoms with van der Waals surface area (Å²) in [6.45, 7) is 7.26. The van der Waals surface area contributed by atoms with Gasteiger partial charge in [-0.25, -0.2) is 4.79 Å². The maximum Gasteiger partial charge on any atom is 0.412 e. The summed E-state index contributed by atoms with van der Waals surface area (Å²) in [7, 11) is 0. The second-order valence-electron chi connectivity index (χ2n) is 5.65. The van der Waals surface area contributed by atoms with Crippen molar-refractivity contribution < 1.29 is 14.6 Å². The van der Waals surface area contributed by atoms with Gasteiger partial charge in [0, 0.05) is 11.7 Å². The first-order valence-corrected chi connectivity index (χ1v) is 6.25. The van der Waals surface area contributed by atoms with Crippen LogP contribution in [0, 0.1) is 0 Å². The van der Waals surface area contributed by atoms with Crippen molar-refractivity contribution in [1.29, 1.82) is 0 Å². The summed E-state index contributed by atoms with van der Waals surface area (Å²) in [6, 6.07) is 4.67. The van der Waals surface area contributed by atoms with Gasteiger partial charge in [-0.1, -0.05) is 0 Å². The lowest BCUT2D eigenvalue weighted by Crippen LogP contribution is -2.28. The van der Waals surface area contributed by atoms with Gasteiger partial charge in [0.15, 0.2) is 0 Å². The lowest BCUT2D eigenvalue weighted by atomic mass is 10.1. The molecule has 5 nitrogen and oxygen atoms in total. The van der Waals surface area contributed by atoms with Gasteiger partial charge in [0.2, 0.25) is 0 Å². The van der Waals surface area contributed by atoms with Gasteiger partial charge in [-0.05, 0) is 57.9 Å². The molecular weight excluding hydrogens is 244 g/mol. The van der Waals surface area contributed by atoms with Crippen molar-refractivity contribution in [1.82, 2.24) is 0 Å². The van der Waals surface area contributed by atoms with Crippen LogP contribution in [0.25, 0.3) is 0 Å². The van der Waals surface area contributed by atoms with E-state index >= 15 is 0 Å². The molecule has 4 N–H and O–H groups in total. The molecule has 1 rings (SSSR count). The van der Waals surface area contributed by atoms with Crippen LogP contribution in [-0.2, 0) is 11.2 Å². The van der Waals surface area contributed by atoms with Crippen molar-refractivity contribution >= 4 is 11.8 Å². The third-order valence-corrected chi connectivity index (χ3v) is 2.27. The molecule has 1 aromatic carbocycles. The molecule has 0 bridgehead atoms. The SMILES string of the molecule is C[C@@H](N)Cc1cc(O)ccc1NC(=O)OC(C)(C)C. The Morgan fingerprint density at radius 1 is 1.47 bits per heavy atom. The van der Waals surface area contributed by atoms with Gasteiger partial charge in [0.05, 0.1) is 0 Å². The lowest BCUT2D eigenvalue weighted by Gasteiger charge is -2.20. The van der Waals surface area contributed by atoms with E-state index in [2.05, 4.69) is 5.32 Å². The van der Waals surface area contributed by atoms with Gasteiger partial charge in [0.25, 0.3) is 0 Å². The van der Waals surface area contributed by atoms with Gasteiger partial charge < -0.3 is 15.6 Å². The maximum atomic E-state index is 11.7. The second kappa shape index (κ2) is 5.93. The van der Waals surface area contributed by atoms with E-state index in [-0.39, 0.29) is 11.8 Å². The fraction of sp³-hybridized carbons (Fsp3) is 0.500. The zero-order valence-corrected chi connectivity index (χ0v) is 11.9. The number of amides is 1. The van der Waals surface area contributed by atoms with Crippen LogP contribution in [0.15, 0.2) is 18.2 Å². The molecule has 0 aliphatic carbocycles. The Morgan fingerprint density at radius 2 is 2.11 bits per heavy atom. The van der Waals surface area contributed by atoms with Gasteiger partial charge in [0.1, 0.15) is 11.4 Å². The van der Waals surface area contributed by atoms with Crippen LogP contribution in [-0.4, -0.2) is 22.8 Å². The zero-order valence-electron chi connectivity index (χ0n) is 11.9. The summed E-state index contributed by atoms with van der Waals surface area (Å²) in [4.78, 5) is 11.7. The summed E-state index contributed by atoms with van der Waals surface area (Å²) in [6.07, 6.45) is 0.0311. The minimum absolute atomic E-state index is 0.0685. The van der Waals surface area contributed by atoms with Crippen LogP contribution >= 0.6 is 0 Å². The van der Waals surface area contributed by atoms with Crippen LogP contribution in [0.4, 0.5) is 10.5 Å². The Labute approximate surface area is 113 Å². The normalized spacial score (nSPS) is 12.9. The van der Waals surface area contributed by atoms with Crippen LogP contribution in [0.1, 0.15) is 33.3 Å². The highest BCUT2D eigenvalue weighted by atomic mass is 16.6. The predicted molar refractivity (Wildman–Crippen MR) is 75.3 cm³/mol. The predicted octanol–water partition coefficient (Wildman–Crippen LogP) is 2.63. The number of nitrogens with two attached hydrogens (primary N) is 1. The van der Waals surface area contributed by atoms with E-state index in [1.165, 1.54) is 6.07 Å². The number of hydrogen-bond acceptors (Lipinski definition) is 4. The van der Waals surface area contributed by atoms with E-state index in [1.54, 1.807) is 32.9 Å². The van der Waals surface area contributed by atoms with Crippen molar-refractivity contribution in [2.45, 2.75) is 45.8 Å². The zero-order chi connectivity index (χ0) is 14.6. The Balaban J connectivity index is 2.85. The molecule has 0 aliphatic heterocycles. The van der Waals surface area contributed by atoms with Crippen LogP contribution in [0.5, 0.6) is 5.75 Å². The van der Waals surface area contributed by atoms with Crippen LogP contribution in [0.2, 0.25) is 0 Å². The van der Waals surface area contributed by atoms with E-state index in [0.29, 0.717) is 12.1 Å². The number of carbonyl (C=O) groups is 1. The van der Waals surface area contributed by atoms with E-state index in [9.17, 15) is 9.90 Å². The summed E-state index contributed by atoms with van der Waals surface area (Å²) in [5.74, 6) is 0.144. The molecule has 0 heterocycles. The third-order valence-electron chi connectivity index (χ3n) is 2.27. The topological polar surface area (TPSA) is 84.6 Å². The smallest absolute Gasteiger partial charge is 0.412 e. The molecule has 19 heavy (non-hydrogen) atoms. The number of nitrogens with one attached hydrogen (secondary N) is 1. The number of hydrogen-bond donors (Lipinski definition) is 3. The summed E-state index contributed by atoms with van der Waals surface area (Å²) < 4.78 is 5.19. The first-order chi connectivity index (χ1) is 8.67. The number of phenolic OH excluding ortho intramolecular Hbond substituents is 1. The Kier molecular flexibility index (Phi) is 4.78. The fourth-order valence-corrected chi connectivity index (χ4v) is 1.63. The van der Waals surface area contributed by atoms with Gasteiger partial charge in [-0.15, -0.1) is 0 Å². The number of aromatic hydroxyl groups is 1. The second-order valence-corrected chi connectivity index (χ2v) is 5.65. The van der Waals surface area contributed by atoms with Crippen molar-refractivity contribution in [2.24, 2.45) is 5.73 Å². The number of benzene rings is 1. The number of carbonyl (C=O) groups excluding carboxylic acids is 1. The molecule has 1 aromatic rings. The minimum atomic E-state index is -0.553. The standard InChI is InChI=1S/C14H22N2O3/c1-9(15)7-10-8-11(17)5-6-12(10)16-13(18)19-14(2,3)4/h5-6,8-9,17H,7,15H2,1-4H3,(H,16,18)/t9-/m1/s1. The van der Waals surface area contributed by atoms with Crippen LogP contribution in [0.3, 0.4) is 0 Å². The molecule has 0 saturated heterocycles. The van der Waals surface area contributed by atoms with Crippen LogP contribution < -0.4 is 11.1 Å². The highest BCUT2D eigenvalue weighted by Crippen LogP contribution is 2.23. The van der Waals surface area contributed by atoms with E-state index < -0.39 is 11.7 Å². The highest BCUT2D eigenvalue weighted by molar-refractivity contribution is 5.86. The third kappa shape index (κ3) is 5.61. The monoisotopic (exact) mass is 266 g/mol. The molecule has 1 atom stereocenters. The first kappa shape index (κ1) is 15.3. The highest BCUT2D eigenvalue weighted by Gasteiger charge is 2.17. The van der Waals surface area contributed by atoms with Gasteiger partial charge in [-0.2, -0.15) is 0 Å². The quantitative estimate of drug-likeness (QED) is 0.734. The number of anilines is 1. The lowest BCUT2D eigenvalue weighted by molar-refractivity contribution is 0.0635. The Morgan fingerprint density at radius 3 is 2.63 bits per heavy atom. The van der Waals surface area contributed by atoms with Gasteiger partial charge in [-0.3, -0.25) is 5.32 Å². The molecule has 0 spiro atoms. The molecule has 5 heteroatoms. The average Bonchev–Trinajstić information content (AvgIpc) is 2.18. The average molecular weight is 266 g/mol. The van der Waals surface area contributed by atoms with E-state index in [4.69, 9.17) is 10.5 Å². The van der Waals surface area contributed by atoms with Crippen molar-refractivity contribution in [3.8, 4) is 5.75 Å². The Hall–Kier alpha value is -1.75. The summed E-state index contributed by atoms with van der Waals surface area (Å²) in [5, 5.41) is 12.2. The first-order valence-electron chi connectivity index (χ1n) is 6.25. The summed E-state index contributed by atoms with van der Waals surface area (Å²) in [5.41, 5.74) is 6.58. The molecular formula is C14H22N2O3. The maximum absolute atomic E-state index is 11.7. The van der Waals surface area contributed by atoms with Crippen molar-refractivity contribution in [3.05, 3.63) is 23.8 Å². The molecule has 1 amide bonds. The largest absolute Gasteiger partial charge is 0.508 e. The van der Waals surface area contributed by atoms with Gasteiger partial charge >= 0.3 is 6.09 Å². The number of ether oxygens (including phenoxy) is 1. The summed E-state index contributed by atoms with van der Waals surface area (Å²) >= 11 is 0. The molecule has 0 unspecified atom stereocenters. The molecule has 0 saturated carbocycles. The molecule has 0 radical (unpaired) electrons. The van der Waals surface area contributed by atoms with E-state index in [0.717, 1.165) is 5.56 Å². The molecule has 0 aromatic heterocycles.